The van der Waals surface area contributed by atoms with Crippen molar-refractivity contribution < 1.29 is 14.3 Å². The molecule has 0 bridgehead atoms. The van der Waals surface area contributed by atoms with Crippen LogP contribution in [0.25, 0.3) is 10.2 Å². The molecule has 1 amide bonds. The van der Waals surface area contributed by atoms with E-state index < -0.39 is 5.97 Å². The Kier molecular flexibility index (Phi) is 4.71. The molecule has 1 aromatic heterocycles. The standard InChI is InChI=1S/C16H10Cl2N2O3S/c1-23-15(22)9-4-2-8(3-5-9)14(21)20-16-19-13-11(18)6-10(17)7-12(13)24-16/h2-7H,1H3,(H,19,20,21). The fourth-order valence-corrected chi connectivity index (χ4v) is 3.64. The number of fused-ring (bicyclic) bond motifs is 1. The van der Waals surface area contributed by atoms with Gasteiger partial charge >= 0.3 is 5.97 Å². The van der Waals surface area contributed by atoms with E-state index in [4.69, 9.17) is 23.2 Å². The summed E-state index contributed by atoms with van der Waals surface area (Å²) in [5.41, 5.74) is 1.35. The first kappa shape index (κ1) is 16.7. The van der Waals surface area contributed by atoms with E-state index in [1.807, 2.05) is 0 Å². The second-order valence-corrected chi connectivity index (χ2v) is 6.65. The van der Waals surface area contributed by atoms with Crippen molar-refractivity contribution in [2.24, 2.45) is 0 Å². The number of amides is 1. The number of thiazole rings is 1. The fraction of sp³-hybridized carbons (Fsp3) is 0.0625. The van der Waals surface area contributed by atoms with Gasteiger partial charge < -0.3 is 4.74 Å². The van der Waals surface area contributed by atoms with E-state index in [2.05, 4.69) is 15.0 Å². The van der Waals surface area contributed by atoms with E-state index in [0.717, 1.165) is 4.70 Å². The molecule has 0 unspecified atom stereocenters. The highest BCUT2D eigenvalue weighted by molar-refractivity contribution is 7.22. The minimum atomic E-state index is -0.459. The van der Waals surface area contributed by atoms with Gasteiger partial charge in [-0.05, 0) is 36.4 Å². The van der Waals surface area contributed by atoms with Gasteiger partial charge in [0.05, 0.1) is 22.4 Å². The lowest BCUT2D eigenvalue weighted by atomic mass is 10.1. The van der Waals surface area contributed by atoms with Gasteiger partial charge in [0.25, 0.3) is 5.91 Å². The third-order valence-electron chi connectivity index (χ3n) is 3.20. The van der Waals surface area contributed by atoms with Crippen LogP contribution >= 0.6 is 34.5 Å². The molecule has 1 heterocycles. The van der Waals surface area contributed by atoms with Crippen molar-refractivity contribution in [1.29, 1.82) is 0 Å². The minimum Gasteiger partial charge on any atom is -0.465 e. The summed E-state index contributed by atoms with van der Waals surface area (Å²) in [5.74, 6) is -0.799. The smallest absolute Gasteiger partial charge is 0.337 e. The number of hydrogen-bond donors (Lipinski definition) is 1. The first-order valence-corrected chi connectivity index (χ1v) is 8.30. The molecule has 0 spiro atoms. The van der Waals surface area contributed by atoms with Gasteiger partial charge in [0.15, 0.2) is 5.13 Å². The fourth-order valence-electron chi connectivity index (χ4n) is 2.06. The van der Waals surface area contributed by atoms with E-state index in [9.17, 15) is 9.59 Å². The molecule has 0 aliphatic rings. The Morgan fingerprint density at radius 3 is 2.46 bits per heavy atom. The molecular formula is C16H10Cl2N2O3S. The van der Waals surface area contributed by atoms with E-state index in [1.165, 1.54) is 30.6 Å². The van der Waals surface area contributed by atoms with Gasteiger partial charge in [0, 0.05) is 10.6 Å². The molecule has 122 valence electrons. The second-order valence-electron chi connectivity index (χ2n) is 4.78. The van der Waals surface area contributed by atoms with Gasteiger partial charge in [-0.25, -0.2) is 9.78 Å². The monoisotopic (exact) mass is 380 g/mol. The van der Waals surface area contributed by atoms with Crippen molar-refractivity contribution in [3.05, 3.63) is 57.6 Å². The normalized spacial score (nSPS) is 10.6. The Morgan fingerprint density at radius 2 is 1.79 bits per heavy atom. The SMILES string of the molecule is COC(=O)c1ccc(C(=O)Nc2nc3c(Cl)cc(Cl)cc3s2)cc1. The van der Waals surface area contributed by atoms with Crippen molar-refractivity contribution in [1.82, 2.24) is 4.98 Å². The highest BCUT2D eigenvalue weighted by atomic mass is 35.5. The molecule has 1 N–H and O–H groups in total. The Bertz CT molecular complexity index is 938. The summed E-state index contributed by atoms with van der Waals surface area (Å²) < 4.78 is 5.40. The summed E-state index contributed by atoms with van der Waals surface area (Å²) in [6.45, 7) is 0. The molecule has 24 heavy (non-hydrogen) atoms. The quantitative estimate of drug-likeness (QED) is 0.671. The van der Waals surface area contributed by atoms with E-state index in [0.29, 0.717) is 31.8 Å². The maximum Gasteiger partial charge on any atom is 0.337 e. The maximum atomic E-state index is 12.3. The molecular weight excluding hydrogens is 371 g/mol. The van der Waals surface area contributed by atoms with Crippen LogP contribution < -0.4 is 5.32 Å². The van der Waals surface area contributed by atoms with Crippen LogP contribution in [-0.2, 0) is 4.74 Å². The number of hydrogen-bond acceptors (Lipinski definition) is 5. The summed E-state index contributed by atoms with van der Waals surface area (Å²) in [7, 11) is 1.30. The number of rotatable bonds is 3. The van der Waals surface area contributed by atoms with Crippen LogP contribution in [0.5, 0.6) is 0 Å². The number of aromatic nitrogens is 1. The lowest BCUT2D eigenvalue weighted by molar-refractivity contribution is 0.0600. The Balaban J connectivity index is 1.82. The number of halogens is 2. The van der Waals surface area contributed by atoms with Gasteiger partial charge in [0.2, 0.25) is 0 Å². The number of ether oxygens (including phenoxy) is 1. The zero-order valence-electron chi connectivity index (χ0n) is 12.3. The molecule has 0 radical (unpaired) electrons. The number of carbonyl (C=O) groups is 2. The summed E-state index contributed by atoms with van der Waals surface area (Å²) in [4.78, 5) is 28.0. The number of nitrogens with zero attached hydrogens (tertiary/aromatic N) is 1. The van der Waals surface area contributed by atoms with Crippen LogP contribution in [-0.4, -0.2) is 24.0 Å². The summed E-state index contributed by atoms with van der Waals surface area (Å²) in [6.07, 6.45) is 0. The predicted octanol–water partition coefficient (Wildman–Crippen LogP) is 4.64. The molecule has 5 nitrogen and oxygen atoms in total. The first-order valence-electron chi connectivity index (χ1n) is 6.73. The molecule has 0 saturated carbocycles. The number of methoxy groups -OCH3 is 1. The number of esters is 1. The Labute approximate surface area is 151 Å². The number of nitrogens with one attached hydrogen (secondary N) is 1. The molecule has 2 aromatic carbocycles. The Hall–Kier alpha value is -2.15. The maximum absolute atomic E-state index is 12.3. The summed E-state index contributed by atoms with van der Waals surface area (Å²) in [6, 6.07) is 9.46. The van der Waals surface area contributed by atoms with Crippen LogP contribution in [0.2, 0.25) is 10.0 Å². The third kappa shape index (κ3) is 3.36. The number of anilines is 1. The van der Waals surface area contributed by atoms with E-state index >= 15 is 0 Å². The summed E-state index contributed by atoms with van der Waals surface area (Å²) >= 11 is 13.3. The van der Waals surface area contributed by atoms with Crippen LogP contribution in [0.3, 0.4) is 0 Å². The molecule has 0 aliphatic heterocycles. The van der Waals surface area contributed by atoms with Gasteiger partial charge in [-0.15, -0.1) is 0 Å². The molecule has 0 atom stereocenters. The van der Waals surface area contributed by atoms with Crippen LogP contribution in [0.15, 0.2) is 36.4 Å². The van der Waals surface area contributed by atoms with Gasteiger partial charge in [-0.2, -0.15) is 0 Å². The van der Waals surface area contributed by atoms with Crippen molar-refractivity contribution in [2.75, 3.05) is 12.4 Å². The number of carbonyl (C=O) groups excluding carboxylic acids is 2. The topological polar surface area (TPSA) is 68.3 Å². The lowest BCUT2D eigenvalue weighted by Crippen LogP contribution is -2.12. The highest BCUT2D eigenvalue weighted by Gasteiger charge is 2.13. The minimum absolute atomic E-state index is 0.340. The molecule has 0 aliphatic carbocycles. The average Bonchev–Trinajstić information content (AvgIpc) is 2.96. The van der Waals surface area contributed by atoms with Crippen molar-refractivity contribution in [2.45, 2.75) is 0 Å². The largest absolute Gasteiger partial charge is 0.465 e. The molecule has 3 rings (SSSR count). The van der Waals surface area contributed by atoms with Crippen molar-refractivity contribution in [3.8, 4) is 0 Å². The second kappa shape index (κ2) is 6.76. The van der Waals surface area contributed by atoms with Crippen LogP contribution in [0.1, 0.15) is 20.7 Å². The Morgan fingerprint density at radius 1 is 1.12 bits per heavy atom. The van der Waals surface area contributed by atoms with Crippen LogP contribution in [0.4, 0.5) is 5.13 Å². The molecule has 0 fully saturated rings. The highest BCUT2D eigenvalue weighted by Crippen LogP contribution is 2.33. The zero-order chi connectivity index (χ0) is 17.3. The number of benzene rings is 2. The van der Waals surface area contributed by atoms with Gasteiger partial charge in [-0.3, -0.25) is 10.1 Å². The van der Waals surface area contributed by atoms with Crippen LogP contribution in [0, 0.1) is 0 Å². The molecule has 8 heteroatoms. The van der Waals surface area contributed by atoms with Gasteiger partial charge in [-0.1, -0.05) is 34.5 Å². The lowest BCUT2D eigenvalue weighted by Gasteiger charge is -2.03. The first-order chi connectivity index (χ1) is 11.5. The van der Waals surface area contributed by atoms with E-state index in [-0.39, 0.29) is 5.91 Å². The van der Waals surface area contributed by atoms with E-state index in [1.54, 1.807) is 24.3 Å². The average molecular weight is 381 g/mol. The third-order valence-corrected chi connectivity index (χ3v) is 4.63. The van der Waals surface area contributed by atoms with Crippen molar-refractivity contribution in [3.63, 3.8) is 0 Å². The van der Waals surface area contributed by atoms with Gasteiger partial charge in [0.1, 0.15) is 5.52 Å². The molecule has 3 aromatic rings. The molecule has 0 saturated heterocycles. The summed E-state index contributed by atoms with van der Waals surface area (Å²) in [5, 5.41) is 4.06. The predicted molar refractivity (Wildman–Crippen MR) is 95.4 cm³/mol. The van der Waals surface area contributed by atoms with Crippen molar-refractivity contribution >= 4 is 61.8 Å². The zero-order valence-corrected chi connectivity index (χ0v) is 14.6.